The predicted molar refractivity (Wildman–Crippen MR) is 77.6 cm³/mol. The quantitative estimate of drug-likeness (QED) is 0.556. The molecule has 0 unspecified atom stereocenters. The summed E-state index contributed by atoms with van der Waals surface area (Å²) in [4.78, 5) is 32.7. The number of carboxylic acids is 1. The average molecular weight is 310 g/mol. The summed E-state index contributed by atoms with van der Waals surface area (Å²) in [6.07, 6.45) is 0.263. The number of nitro benzene ring substituents is 1. The molecule has 0 spiro atoms. The molecule has 1 amide bonds. The summed E-state index contributed by atoms with van der Waals surface area (Å²) in [5.41, 5.74) is -1.16. The van der Waals surface area contributed by atoms with Crippen LogP contribution in [0, 0.1) is 15.5 Å². The number of carboxylic acid groups (broad SMARTS) is 1. The highest BCUT2D eigenvalue weighted by molar-refractivity contribution is 5.78. The van der Waals surface area contributed by atoms with E-state index in [9.17, 15) is 19.7 Å². The molecule has 0 fully saturated rings. The third-order valence-corrected chi connectivity index (χ3v) is 3.07. The van der Waals surface area contributed by atoms with Gasteiger partial charge in [-0.3, -0.25) is 19.7 Å². The fourth-order valence-corrected chi connectivity index (χ4v) is 1.55. The number of amides is 1. The Morgan fingerprint density at radius 1 is 1.36 bits per heavy atom. The van der Waals surface area contributed by atoms with Crippen molar-refractivity contribution in [2.75, 3.05) is 13.2 Å². The normalized spacial score (nSPS) is 10.8. The molecule has 0 saturated carbocycles. The number of nitrogens with one attached hydrogen (secondary N) is 1. The molecule has 1 aromatic rings. The Morgan fingerprint density at radius 2 is 2.00 bits per heavy atom. The standard InChI is InChI=1S/C14H18N2O6/c1-14(2,13(18)19)7-8-15-12(17)9-22-11-6-4-3-5-10(11)16(20)21/h3-6H,7-9H2,1-2H3,(H,15,17)(H,18,19). The van der Waals surface area contributed by atoms with Crippen molar-refractivity contribution in [3.8, 4) is 5.75 Å². The topological polar surface area (TPSA) is 119 Å². The van der Waals surface area contributed by atoms with E-state index in [-0.39, 0.29) is 31.0 Å². The number of rotatable bonds is 8. The fraction of sp³-hybridized carbons (Fsp3) is 0.429. The van der Waals surface area contributed by atoms with Gasteiger partial charge in [0.1, 0.15) is 0 Å². The second-order valence-corrected chi connectivity index (χ2v) is 5.30. The lowest BCUT2D eigenvalue weighted by Crippen LogP contribution is -2.34. The van der Waals surface area contributed by atoms with E-state index in [0.717, 1.165) is 0 Å². The van der Waals surface area contributed by atoms with Crippen molar-refractivity contribution in [3.05, 3.63) is 34.4 Å². The fourth-order valence-electron chi connectivity index (χ4n) is 1.55. The molecular weight excluding hydrogens is 292 g/mol. The molecule has 2 N–H and O–H groups in total. The first-order valence-electron chi connectivity index (χ1n) is 6.60. The minimum Gasteiger partial charge on any atom is -0.481 e. The molecule has 0 aromatic heterocycles. The number of hydrogen-bond acceptors (Lipinski definition) is 5. The highest BCUT2D eigenvalue weighted by Crippen LogP contribution is 2.25. The summed E-state index contributed by atoms with van der Waals surface area (Å²) in [5, 5.41) is 22.2. The van der Waals surface area contributed by atoms with Crippen LogP contribution in [0.15, 0.2) is 24.3 Å². The van der Waals surface area contributed by atoms with Gasteiger partial charge in [-0.1, -0.05) is 12.1 Å². The van der Waals surface area contributed by atoms with E-state index in [4.69, 9.17) is 9.84 Å². The highest BCUT2D eigenvalue weighted by atomic mass is 16.6. The first-order valence-corrected chi connectivity index (χ1v) is 6.60. The van der Waals surface area contributed by atoms with Gasteiger partial charge >= 0.3 is 11.7 Å². The van der Waals surface area contributed by atoms with Crippen LogP contribution in [-0.2, 0) is 9.59 Å². The van der Waals surface area contributed by atoms with Gasteiger partial charge < -0.3 is 15.2 Å². The monoisotopic (exact) mass is 310 g/mol. The minimum absolute atomic E-state index is 0.00789. The van der Waals surface area contributed by atoms with Crippen LogP contribution >= 0.6 is 0 Å². The van der Waals surface area contributed by atoms with Gasteiger partial charge in [0, 0.05) is 12.6 Å². The Morgan fingerprint density at radius 3 is 2.59 bits per heavy atom. The number of nitrogens with zero attached hydrogens (tertiary/aromatic N) is 1. The smallest absolute Gasteiger partial charge is 0.310 e. The predicted octanol–water partition coefficient (Wildman–Crippen LogP) is 1.59. The Balaban J connectivity index is 2.45. The van der Waals surface area contributed by atoms with E-state index in [1.54, 1.807) is 19.9 Å². The van der Waals surface area contributed by atoms with E-state index >= 15 is 0 Å². The lowest BCUT2D eigenvalue weighted by Gasteiger charge is -2.18. The van der Waals surface area contributed by atoms with Crippen molar-refractivity contribution < 1.29 is 24.4 Å². The molecule has 1 aromatic carbocycles. The Bertz CT molecular complexity index is 570. The summed E-state index contributed by atoms with van der Waals surface area (Å²) in [5.74, 6) is -1.41. The van der Waals surface area contributed by atoms with Gasteiger partial charge in [0.25, 0.3) is 5.91 Å². The van der Waals surface area contributed by atoms with Gasteiger partial charge in [-0.05, 0) is 26.3 Å². The Hall–Kier alpha value is -2.64. The number of benzene rings is 1. The number of carbonyl (C=O) groups is 2. The molecule has 1 rings (SSSR count). The molecule has 0 aliphatic carbocycles. The zero-order valence-electron chi connectivity index (χ0n) is 12.4. The van der Waals surface area contributed by atoms with Gasteiger partial charge in [-0.15, -0.1) is 0 Å². The molecule has 0 bridgehead atoms. The molecule has 8 heteroatoms. The number of ether oxygens (including phenoxy) is 1. The maximum Gasteiger partial charge on any atom is 0.310 e. The van der Waals surface area contributed by atoms with Crippen LogP contribution in [0.1, 0.15) is 20.3 Å². The molecule has 0 saturated heterocycles. The molecule has 120 valence electrons. The Kier molecular flexibility index (Phi) is 5.85. The van der Waals surface area contributed by atoms with E-state index in [0.29, 0.717) is 0 Å². The second kappa shape index (κ2) is 7.39. The summed E-state index contributed by atoms with van der Waals surface area (Å²) < 4.78 is 5.12. The van der Waals surface area contributed by atoms with Gasteiger partial charge in [-0.2, -0.15) is 0 Å². The number of hydrogen-bond donors (Lipinski definition) is 2. The van der Waals surface area contributed by atoms with Crippen molar-refractivity contribution in [2.45, 2.75) is 20.3 Å². The zero-order chi connectivity index (χ0) is 16.8. The van der Waals surface area contributed by atoms with Gasteiger partial charge in [0.15, 0.2) is 12.4 Å². The molecule has 0 atom stereocenters. The van der Waals surface area contributed by atoms with Crippen LogP contribution in [0.2, 0.25) is 0 Å². The first kappa shape index (κ1) is 17.4. The van der Waals surface area contributed by atoms with Crippen molar-refractivity contribution in [2.24, 2.45) is 5.41 Å². The van der Waals surface area contributed by atoms with Crippen LogP contribution < -0.4 is 10.1 Å². The summed E-state index contributed by atoms with van der Waals surface area (Å²) in [6, 6.07) is 5.75. The van der Waals surface area contributed by atoms with Gasteiger partial charge in [0.2, 0.25) is 0 Å². The average Bonchev–Trinajstić information content (AvgIpc) is 2.45. The van der Waals surface area contributed by atoms with Crippen LogP contribution in [0.25, 0.3) is 0 Å². The van der Waals surface area contributed by atoms with Crippen LogP contribution in [0.3, 0.4) is 0 Å². The lowest BCUT2D eigenvalue weighted by molar-refractivity contribution is -0.385. The highest BCUT2D eigenvalue weighted by Gasteiger charge is 2.26. The second-order valence-electron chi connectivity index (χ2n) is 5.30. The van der Waals surface area contributed by atoms with E-state index in [1.807, 2.05) is 0 Å². The summed E-state index contributed by atoms with van der Waals surface area (Å²) >= 11 is 0. The molecule has 0 radical (unpaired) electrons. The maximum absolute atomic E-state index is 11.6. The van der Waals surface area contributed by atoms with Gasteiger partial charge in [0.05, 0.1) is 10.3 Å². The number of aliphatic carboxylic acids is 1. The molecule has 0 aliphatic rings. The minimum atomic E-state index is -0.946. The zero-order valence-corrected chi connectivity index (χ0v) is 12.4. The van der Waals surface area contributed by atoms with Crippen molar-refractivity contribution in [3.63, 3.8) is 0 Å². The van der Waals surface area contributed by atoms with Crippen LogP contribution in [0.4, 0.5) is 5.69 Å². The van der Waals surface area contributed by atoms with E-state index in [2.05, 4.69) is 5.32 Å². The van der Waals surface area contributed by atoms with Crippen molar-refractivity contribution in [1.82, 2.24) is 5.32 Å². The number of nitro groups is 1. The lowest BCUT2D eigenvalue weighted by atomic mass is 9.90. The molecule has 8 nitrogen and oxygen atoms in total. The maximum atomic E-state index is 11.6. The molecule has 0 heterocycles. The van der Waals surface area contributed by atoms with Gasteiger partial charge in [-0.25, -0.2) is 0 Å². The first-order chi connectivity index (χ1) is 10.2. The Labute approximate surface area is 127 Å². The third-order valence-electron chi connectivity index (χ3n) is 3.07. The SMILES string of the molecule is CC(C)(CCNC(=O)COc1ccccc1[N+](=O)[O-])C(=O)O. The number of carbonyl (C=O) groups excluding carboxylic acids is 1. The van der Waals surface area contributed by atoms with Crippen LogP contribution in [0.5, 0.6) is 5.75 Å². The largest absolute Gasteiger partial charge is 0.481 e. The van der Waals surface area contributed by atoms with E-state index < -0.39 is 22.2 Å². The number of para-hydroxylation sites is 2. The summed E-state index contributed by atoms with van der Waals surface area (Å²) in [7, 11) is 0. The summed E-state index contributed by atoms with van der Waals surface area (Å²) in [6.45, 7) is 2.92. The van der Waals surface area contributed by atoms with E-state index in [1.165, 1.54) is 18.2 Å². The third kappa shape index (κ3) is 5.04. The van der Waals surface area contributed by atoms with Crippen molar-refractivity contribution in [1.29, 1.82) is 0 Å². The van der Waals surface area contributed by atoms with Crippen molar-refractivity contribution >= 4 is 17.6 Å². The molecule has 0 aliphatic heterocycles. The molecule has 22 heavy (non-hydrogen) atoms. The van der Waals surface area contributed by atoms with Crippen LogP contribution in [-0.4, -0.2) is 35.1 Å². The molecular formula is C14H18N2O6.